The molecule has 184 valence electrons. The van der Waals surface area contributed by atoms with Crippen LogP contribution >= 0.6 is 11.8 Å². The van der Waals surface area contributed by atoms with E-state index in [-0.39, 0.29) is 22.7 Å². The van der Waals surface area contributed by atoms with Gasteiger partial charge in [0.15, 0.2) is 17.6 Å². The first-order chi connectivity index (χ1) is 16.3. The summed E-state index contributed by atoms with van der Waals surface area (Å²) in [6, 6.07) is 4.44. The van der Waals surface area contributed by atoms with Crippen molar-refractivity contribution in [3.8, 4) is 11.5 Å². The molecule has 2 aliphatic carbocycles. The Morgan fingerprint density at radius 1 is 1.21 bits per heavy atom. The molecule has 0 aromatic heterocycles. The maximum atomic E-state index is 11.6. The van der Waals surface area contributed by atoms with Crippen LogP contribution < -0.4 is 9.47 Å². The number of benzene rings is 1. The Morgan fingerprint density at radius 2 is 2.00 bits per heavy atom. The number of aliphatic hydroxyl groups excluding tert-OH is 3. The number of aliphatic carboxylic acids is 1. The molecule has 3 aliphatic heterocycles. The summed E-state index contributed by atoms with van der Waals surface area (Å²) >= 11 is 1.24. The third kappa shape index (κ3) is 2.90. The minimum atomic E-state index is -1.71. The number of aliphatic hydroxyl groups is 3. The van der Waals surface area contributed by atoms with Crippen molar-refractivity contribution in [1.82, 2.24) is 4.90 Å². The topological polar surface area (TPSA) is 129 Å². The van der Waals surface area contributed by atoms with Gasteiger partial charge in [-0.25, -0.2) is 4.79 Å². The molecule has 10 heteroatoms. The van der Waals surface area contributed by atoms with Gasteiger partial charge in [-0.1, -0.05) is 18.2 Å². The molecule has 4 N–H and O–H groups in total. The number of hydrogen-bond acceptors (Lipinski definition) is 9. The van der Waals surface area contributed by atoms with Crippen molar-refractivity contribution in [3.63, 3.8) is 0 Å². The first-order valence-corrected chi connectivity index (χ1v) is 12.6. The number of hydrogen-bond donors (Lipinski definition) is 4. The summed E-state index contributed by atoms with van der Waals surface area (Å²) in [6.07, 6.45) is -0.518. The molecule has 1 aromatic rings. The highest BCUT2D eigenvalue weighted by Gasteiger charge is 2.65. The van der Waals surface area contributed by atoms with Gasteiger partial charge in [-0.05, 0) is 38.1 Å². The molecule has 2 bridgehead atoms. The molecule has 9 nitrogen and oxygen atoms in total. The monoisotopic (exact) mass is 491 g/mol. The Labute approximate surface area is 201 Å². The summed E-state index contributed by atoms with van der Waals surface area (Å²) in [4.78, 5) is 14.0. The highest BCUT2D eigenvalue weighted by atomic mass is 32.2. The second-order valence-electron chi connectivity index (χ2n) is 9.96. The molecule has 0 radical (unpaired) electrons. The number of rotatable bonds is 4. The lowest BCUT2D eigenvalue weighted by atomic mass is 9.53. The number of likely N-dealkylation sites (tertiary alicyclic amines) is 1. The van der Waals surface area contributed by atoms with E-state index in [9.17, 15) is 25.2 Å². The Balaban J connectivity index is 1.39. The molecule has 3 heterocycles. The van der Waals surface area contributed by atoms with Crippen molar-refractivity contribution in [1.29, 1.82) is 0 Å². The quantitative estimate of drug-likeness (QED) is 0.432. The van der Waals surface area contributed by atoms with E-state index in [2.05, 4.69) is 30.2 Å². The van der Waals surface area contributed by atoms with Gasteiger partial charge in [0.05, 0.1) is 12.4 Å². The minimum absolute atomic E-state index is 0.255. The zero-order valence-electron chi connectivity index (χ0n) is 18.9. The van der Waals surface area contributed by atoms with Crippen molar-refractivity contribution in [3.05, 3.63) is 35.4 Å². The van der Waals surface area contributed by atoms with Gasteiger partial charge >= 0.3 is 5.97 Å². The number of piperidine rings is 1. The van der Waals surface area contributed by atoms with Crippen LogP contribution in [0.1, 0.15) is 17.5 Å². The molecule has 34 heavy (non-hydrogen) atoms. The lowest BCUT2D eigenvalue weighted by Gasteiger charge is -2.57. The minimum Gasteiger partial charge on any atom is -0.493 e. The molecule has 10 atom stereocenters. The summed E-state index contributed by atoms with van der Waals surface area (Å²) in [5.74, 6) is 0.341. The van der Waals surface area contributed by atoms with E-state index in [1.807, 2.05) is 6.07 Å². The molecular weight excluding hydrogens is 462 g/mol. The molecule has 0 saturated carbocycles. The zero-order valence-corrected chi connectivity index (χ0v) is 19.7. The van der Waals surface area contributed by atoms with Crippen LogP contribution in [0, 0.1) is 5.92 Å². The number of likely N-dealkylation sites (N-methyl/N-ethyl adjacent to an activating group) is 1. The van der Waals surface area contributed by atoms with Gasteiger partial charge in [-0.15, -0.1) is 11.8 Å². The number of carboxylic acid groups (broad SMARTS) is 1. The van der Waals surface area contributed by atoms with Crippen molar-refractivity contribution in [2.75, 3.05) is 20.7 Å². The summed E-state index contributed by atoms with van der Waals surface area (Å²) in [5.41, 5.74) is 1.18. The highest BCUT2D eigenvalue weighted by molar-refractivity contribution is 8.00. The standard InChI is InChI=1S/C24H29NO8S/c1-25-8-7-24-11-4-6-14(34-23-18(28)16(26)17(27)20(33-23)22(29)30)21(24)32-19-13(31-2)5-3-10(15(19)24)9-12(11)25/h3-6,11-12,14,16-18,20-21,23,26-28H,7-9H2,1-2H3,(H,29,30)/t11?,12?,14?,16-,17-,18+,20-,21?,23-,24?/m0/s1. The van der Waals surface area contributed by atoms with Gasteiger partial charge in [0.25, 0.3) is 0 Å². The van der Waals surface area contributed by atoms with E-state index in [1.54, 1.807) is 7.11 Å². The van der Waals surface area contributed by atoms with Crippen LogP contribution in [-0.2, 0) is 21.4 Å². The van der Waals surface area contributed by atoms with E-state index in [0.717, 1.165) is 25.1 Å². The molecule has 2 fully saturated rings. The largest absolute Gasteiger partial charge is 0.493 e. The number of thioether (sulfide) groups is 1. The Morgan fingerprint density at radius 3 is 2.74 bits per heavy atom. The average molecular weight is 492 g/mol. The zero-order chi connectivity index (χ0) is 23.9. The van der Waals surface area contributed by atoms with Gasteiger partial charge < -0.3 is 39.5 Å². The number of methoxy groups -OCH3 is 1. The van der Waals surface area contributed by atoms with Crippen LogP contribution in [-0.4, -0.2) is 99.2 Å². The van der Waals surface area contributed by atoms with Gasteiger partial charge in [0.2, 0.25) is 0 Å². The molecule has 6 rings (SSSR count). The molecule has 1 spiro atoms. The van der Waals surface area contributed by atoms with E-state index in [1.165, 1.54) is 22.9 Å². The summed E-state index contributed by atoms with van der Waals surface area (Å²) < 4.78 is 17.9. The normalized spacial score (nSPS) is 44.3. The van der Waals surface area contributed by atoms with E-state index < -0.39 is 35.8 Å². The van der Waals surface area contributed by atoms with Crippen LogP contribution in [0.3, 0.4) is 0 Å². The van der Waals surface area contributed by atoms with Gasteiger partial charge in [0, 0.05) is 22.9 Å². The van der Waals surface area contributed by atoms with E-state index in [0.29, 0.717) is 11.8 Å². The maximum Gasteiger partial charge on any atom is 0.335 e. The SMILES string of the molecule is COc1ccc2c3c1OC1C(S[C@@H]4O[C@H](C(=O)O)[C@@H](O)[C@H](O)[C@H]4O)C=CC4C(C2)N(C)CCC341. The number of carbonyl (C=O) groups is 1. The van der Waals surface area contributed by atoms with Crippen molar-refractivity contribution < 1.29 is 39.4 Å². The van der Waals surface area contributed by atoms with Crippen LogP contribution in [0.25, 0.3) is 0 Å². The fourth-order valence-corrected chi connectivity index (χ4v) is 8.24. The third-order valence-corrected chi connectivity index (χ3v) is 9.82. The molecule has 1 aromatic carbocycles. The Hall–Kier alpha value is -1.82. The van der Waals surface area contributed by atoms with Crippen molar-refractivity contribution in [2.45, 2.75) is 65.5 Å². The van der Waals surface area contributed by atoms with E-state index >= 15 is 0 Å². The fraction of sp³-hybridized carbons (Fsp3) is 0.625. The average Bonchev–Trinajstić information content (AvgIpc) is 3.17. The first kappa shape index (κ1) is 22.6. The maximum absolute atomic E-state index is 11.6. The van der Waals surface area contributed by atoms with Crippen molar-refractivity contribution >= 4 is 17.7 Å². The van der Waals surface area contributed by atoms with Gasteiger partial charge in [-0.2, -0.15) is 0 Å². The summed E-state index contributed by atoms with van der Waals surface area (Å²) in [6.45, 7) is 0.927. The number of nitrogens with zero attached hydrogens (tertiary/aromatic N) is 1. The third-order valence-electron chi connectivity index (χ3n) is 8.44. The van der Waals surface area contributed by atoms with Crippen LogP contribution in [0.2, 0.25) is 0 Å². The van der Waals surface area contributed by atoms with Crippen LogP contribution in [0.15, 0.2) is 24.3 Å². The van der Waals surface area contributed by atoms with Gasteiger partial charge in [0.1, 0.15) is 29.9 Å². The second-order valence-corrected chi connectivity index (χ2v) is 11.2. The summed E-state index contributed by atoms with van der Waals surface area (Å²) in [7, 11) is 3.80. The molecular formula is C24H29NO8S. The molecule has 5 unspecified atom stereocenters. The smallest absolute Gasteiger partial charge is 0.335 e. The Kier molecular flexibility index (Phi) is 5.22. The van der Waals surface area contributed by atoms with Crippen LogP contribution in [0.4, 0.5) is 0 Å². The van der Waals surface area contributed by atoms with Gasteiger partial charge in [-0.3, -0.25) is 0 Å². The lowest BCUT2D eigenvalue weighted by molar-refractivity contribution is -0.209. The Bertz CT molecular complexity index is 1050. The predicted molar refractivity (Wildman–Crippen MR) is 122 cm³/mol. The molecule has 2 saturated heterocycles. The second kappa shape index (κ2) is 7.84. The van der Waals surface area contributed by atoms with E-state index in [4.69, 9.17) is 14.2 Å². The fourth-order valence-electron chi connectivity index (χ4n) is 6.81. The molecule has 5 aliphatic rings. The highest BCUT2D eigenvalue weighted by Crippen LogP contribution is 2.63. The first-order valence-electron chi connectivity index (χ1n) is 11.6. The lowest BCUT2D eigenvalue weighted by Crippen LogP contribution is -2.65. The van der Waals surface area contributed by atoms with Crippen molar-refractivity contribution in [2.24, 2.45) is 5.92 Å². The van der Waals surface area contributed by atoms with Crippen LogP contribution in [0.5, 0.6) is 11.5 Å². The summed E-state index contributed by atoms with van der Waals surface area (Å²) in [5, 5.41) is 40.1. The molecule has 0 amide bonds. The predicted octanol–water partition coefficient (Wildman–Crippen LogP) is 0.134. The number of ether oxygens (including phenoxy) is 3. The number of carboxylic acids is 1.